The fourth-order valence-electron chi connectivity index (χ4n) is 1.31. The summed E-state index contributed by atoms with van der Waals surface area (Å²) in [6.07, 6.45) is 3.02. The maximum absolute atomic E-state index is 13.3. The van der Waals surface area contributed by atoms with E-state index in [4.69, 9.17) is 0 Å². The van der Waals surface area contributed by atoms with Gasteiger partial charge in [0.2, 0.25) is 5.96 Å². The lowest BCUT2D eigenvalue weighted by molar-refractivity contribution is 0.548. The lowest BCUT2D eigenvalue weighted by atomic mass is 10.2. The van der Waals surface area contributed by atoms with Crippen molar-refractivity contribution in [2.75, 3.05) is 14.1 Å². The Bertz CT molecular complexity index is 339. The molecule has 0 unspecified atom stereocenters. The molecule has 0 aromatic rings. The van der Waals surface area contributed by atoms with Crippen molar-refractivity contribution in [1.82, 2.24) is 10.2 Å². The van der Waals surface area contributed by atoms with Gasteiger partial charge in [0.1, 0.15) is 5.83 Å². The van der Waals surface area contributed by atoms with Crippen molar-refractivity contribution >= 4 is 5.96 Å². The number of allylic oxidation sites excluding steroid dienone is 4. The van der Waals surface area contributed by atoms with Gasteiger partial charge in [-0.1, -0.05) is 6.58 Å². The minimum atomic E-state index is -0.270. The predicted molar refractivity (Wildman–Crippen MR) is 56.3 cm³/mol. The molecule has 0 saturated carbocycles. The third-order valence-corrected chi connectivity index (χ3v) is 2.04. The van der Waals surface area contributed by atoms with Gasteiger partial charge in [0, 0.05) is 19.8 Å². The summed E-state index contributed by atoms with van der Waals surface area (Å²) in [5.41, 5.74) is 1.19. The molecule has 1 rings (SSSR count). The second-order valence-electron chi connectivity index (χ2n) is 2.89. The van der Waals surface area contributed by atoms with E-state index in [0.29, 0.717) is 17.4 Å². The summed E-state index contributed by atoms with van der Waals surface area (Å²) in [6.45, 7) is 5.50. The second kappa shape index (κ2) is 4.09. The molecule has 0 aliphatic carbocycles. The van der Waals surface area contributed by atoms with Crippen molar-refractivity contribution in [1.29, 1.82) is 0 Å². The van der Waals surface area contributed by atoms with Crippen LogP contribution in [0.3, 0.4) is 0 Å². The van der Waals surface area contributed by atoms with Gasteiger partial charge in [0.15, 0.2) is 0 Å². The third-order valence-electron chi connectivity index (χ3n) is 2.04. The number of rotatable bonds is 0. The first-order chi connectivity index (χ1) is 6.61. The van der Waals surface area contributed by atoms with Crippen LogP contribution in [0.15, 0.2) is 40.9 Å². The molecule has 0 bridgehead atoms. The van der Waals surface area contributed by atoms with Gasteiger partial charge < -0.3 is 5.32 Å². The van der Waals surface area contributed by atoms with E-state index in [9.17, 15) is 4.39 Å². The Balaban J connectivity index is 3.10. The highest BCUT2D eigenvalue weighted by Crippen LogP contribution is 2.23. The molecular weight excluding hydrogens is 181 g/mol. The Labute approximate surface area is 83.3 Å². The van der Waals surface area contributed by atoms with E-state index in [-0.39, 0.29) is 5.83 Å². The maximum Gasteiger partial charge on any atom is 0.202 e. The summed E-state index contributed by atoms with van der Waals surface area (Å²) in [4.78, 5) is 5.64. The summed E-state index contributed by atoms with van der Waals surface area (Å²) >= 11 is 0. The van der Waals surface area contributed by atoms with E-state index >= 15 is 0 Å². The van der Waals surface area contributed by atoms with Gasteiger partial charge in [-0.15, -0.1) is 0 Å². The summed E-state index contributed by atoms with van der Waals surface area (Å²) in [6, 6.07) is 0. The number of aliphatic imine (C=N–C) groups is 1. The van der Waals surface area contributed by atoms with Crippen LogP contribution in [-0.2, 0) is 0 Å². The van der Waals surface area contributed by atoms with Crippen molar-refractivity contribution in [3.63, 3.8) is 0 Å². The maximum atomic E-state index is 13.3. The van der Waals surface area contributed by atoms with Crippen LogP contribution in [0.1, 0.15) is 6.92 Å². The van der Waals surface area contributed by atoms with Crippen LogP contribution in [0.5, 0.6) is 0 Å². The van der Waals surface area contributed by atoms with Crippen LogP contribution in [0.4, 0.5) is 4.39 Å². The summed E-state index contributed by atoms with van der Waals surface area (Å²) in [7, 11) is 3.38. The first-order valence-electron chi connectivity index (χ1n) is 4.29. The Kier molecular flexibility index (Phi) is 3.06. The summed E-state index contributed by atoms with van der Waals surface area (Å²) < 4.78 is 13.3. The van der Waals surface area contributed by atoms with Gasteiger partial charge in [0.25, 0.3) is 0 Å². The molecule has 1 aliphatic rings. The minimum absolute atomic E-state index is 0.270. The molecule has 0 atom stereocenters. The molecule has 4 heteroatoms. The molecule has 0 aromatic heterocycles. The average Bonchev–Trinajstić information content (AvgIpc) is 2.19. The molecule has 0 fully saturated rings. The molecule has 0 amide bonds. The lowest BCUT2D eigenvalue weighted by Gasteiger charge is -2.28. The Morgan fingerprint density at radius 1 is 1.57 bits per heavy atom. The zero-order chi connectivity index (χ0) is 10.7. The van der Waals surface area contributed by atoms with Gasteiger partial charge in [-0.25, -0.2) is 4.39 Å². The summed E-state index contributed by atoms with van der Waals surface area (Å²) in [5.74, 6) is 0.306. The number of nitrogens with one attached hydrogen (secondary N) is 1. The number of hydrogen-bond donors (Lipinski definition) is 1. The minimum Gasteiger partial charge on any atom is -0.359 e. The molecular formula is C10H14FN3. The van der Waals surface area contributed by atoms with E-state index in [1.807, 2.05) is 0 Å². The molecule has 1 N–H and O–H groups in total. The molecule has 76 valence electrons. The molecule has 0 saturated heterocycles. The number of nitrogens with zero attached hydrogens (tertiary/aromatic N) is 2. The average molecular weight is 195 g/mol. The SMILES string of the molecule is C=C1C=CC(F)=C(C)N1C(=NC)NC. The largest absolute Gasteiger partial charge is 0.359 e. The number of hydrogen-bond acceptors (Lipinski definition) is 1. The van der Waals surface area contributed by atoms with Crippen LogP contribution in [0.25, 0.3) is 0 Å². The van der Waals surface area contributed by atoms with E-state index in [0.717, 1.165) is 0 Å². The molecule has 0 spiro atoms. The van der Waals surface area contributed by atoms with Crippen molar-refractivity contribution in [3.05, 3.63) is 36.0 Å². The van der Waals surface area contributed by atoms with E-state index in [1.165, 1.54) is 6.08 Å². The van der Waals surface area contributed by atoms with Gasteiger partial charge in [-0.3, -0.25) is 9.89 Å². The van der Waals surface area contributed by atoms with Crippen LogP contribution < -0.4 is 5.32 Å². The van der Waals surface area contributed by atoms with Crippen LogP contribution in [0.2, 0.25) is 0 Å². The van der Waals surface area contributed by atoms with Crippen LogP contribution in [-0.4, -0.2) is 25.0 Å². The molecule has 0 radical (unpaired) electrons. The van der Waals surface area contributed by atoms with E-state index in [1.54, 1.807) is 32.0 Å². The van der Waals surface area contributed by atoms with Crippen molar-refractivity contribution in [3.8, 4) is 0 Å². The highest BCUT2D eigenvalue weighted by atomic mass is 19.1. The zero-order valence-electron chi connectivity index (χ0n) is 8.63. The molecule has 1 heterocycles. The monoisotopic (exact) mass is 195 g/mol. The van der Waals surface area contributed by atoms with Gasteiger partial charge in [0.05, 0.1) is 5.70 Å². The smallest absolute Gasteiger partial charge is 0.202 e. The molecule has 0 aromatic carbocycles. The lowest BCUT2D eigenvalue weighted by Crippen LogP contribution is -2.38. The fraction of sp³-hybridized carbons (Fsp3) is 0.300. The Morgan fingerprint density at radius 2 is 2.21 bits per heavy atom. The summed E-state index contributed by atoms with van der Waals surface area (Å²) in [5, 5.41) is 2.88. The molecule has 1 aliphatic heterocycles. The van der Waals surface area contributed by atoms with E-state index in [2.05, 4.69) is 16.9 Å². The second-order valence-corrected chi connectivity index (χ2v) is 2.89. The van der Waals surface area contributed by atoms with Crippen LogP contribution >= 0.6 is 0 Å². The fourth-order valence-corrected chi connectivity index (χ4v) is 1.31. The predicted octanol–water partition coefficient (Wildman–Crippen LogP) is 1.78. The van der Waals surface area contributed by atoms with Gasteiger partial charge >= 0.3 is 0 Å². The first-order valence-corrected chi connectivity index (χ1v) is 4.29. The standard InChI is InChI=1S/C10H14FN3/c1-7-5-6-9(11)8(2)14(7)10(12-3)13-4/h5-6H,1H2,2-4H3,(H,12,13). The topological polar surface area (TPSA) is 27.6 Å². The van der Waals surface area contributed by atoms with Gasteiger partial charge in [-0.2, -0.15) is 0 Å². The van der Waals surface area contributed by atoms with Gasteiger partial charge in [-0.05, 0) is 19.1 Å². The molecule has 14 heavy (non-hydrogen) atoms. The van der Waals surface area contributed by atoms with Crippen molar-refractivity contribution in [2.24, 2.45) is 4.99 Å². The first kappa shape index (κ1) is 10.5. The highest BCUT2D eigenvalue weighted by Gasteiger charge is 2.19. The normalized spacial score (nSPS) is 17.9. The van der Waals surface area contributed by atoms with E-state index < -0.39 is 0 Å². The quantitative estimate of drug-likeness (QED) is 0.471. The van der Waals surface area contributed by atoms with Crippen LogP contribution in [0, 0.1) is 0 Å². The van der Waals surface area contributed by atoms with Crippen molar-refractivity contribution in [2.45, 2.75) is 6.92 Å². The third kappa shape index (κ3) is 1.69. The van der Waals surface area contributed by atoms with Crippen molar-refractivity contribution < 1.29 is 4.39 Å². The molecule has 3 nitrogen and oxygen atoms in total. The number of halogens is 1. The number of guanidine groups is 1. The zero-order valence-corrected chi connectivity index (χ0v) is 8.63. The highest BCUT2D eigenvalue weighted by molar-refractivity contribution is 5.84. The Hall–Kier alpha value is -1.58. The Morgan fingerprint density at radius 3 is 2.71 bits per heavy atom.